The smallest absolute Gasteiger partial charge is 0.291 e. The largest absolute Gasteiger partial charge is 0.376 e. The number of aromatic nitrogens is 3. The van der Waals surface area contributed by atoms with Gasteiger partial charge in [0.05, 0.1) is 6.10 Å². The lowest BCUT2D eigenvalue weighted by molar-refractivity contribution is -0.000394. The summed E-state index contributed by atoms with van der Waals surface area (Å²) in [5.41, 5.74) is 0. The maximum absolute atomic E-state index is 11.8. The van der Waals surface area contributed by atoms with Crippen molar-refractivity contribution in [3.05, 3.63) is 12.2 Å². The van der Waals surface area contributed by atoms with Crippen LogP contribution in [0.5, 0.6) is 0 Å². The van der Waals surface area contributed by atoms with Gasteiger partial charge in [-0.3, -0.25) is 9.89 Å². The Morgan fingerprint density at radius 2 is 2.56 bits per heavy atom. The number of amides is 1. The van der Waals surface area contributed by atoms with Crippen LogP contribution in [0.4, 0.5) is 0 Å². The van der Waals surface area contributed by atoms with Crippen LogP contribution in [0.1, 0.15) is 29.9 Å². The van der Waals surface area contributed by atoms with Crippen LogP contribution in [0.25, 0.3) is 0 Å². The van der Waals surface area contributed by atoms with E-state index >= 15 is 0 Å². The molecule has 0 spiro atoms. The van der Waals surface area contributed by atoms with E-state index in [4.69, 9.17) is 4.74 Å². The fourth-order valence-electron chi connectivity index (χ4n) is 1.83. The molecule has 1 atom stereocenters. The standard InChI is InChI=1S/C10H16N4O2/c1-14(6-8-4-2-3-5-16-8)10(15)9-11-7-12-13-9/h7-8H,2-6H2,1H3,(H,11,12,13). The predicted molar refractivity (Wildman–Crippen MR) is 56.9 cm³/mol. The van der Waals surface area contributed by atoms with E-state index < -0.39 is 0 Å². The van der Waals surface area contributed by atoms with Crippen molar-refractivity contribution in [3.63, 3.8) is 0 Å². The first-order valence-corrected chi connectivity index (χ1v) is 5.50. The van der Waals surface area contributed by atoms with Crippen LogP contribution in [-0.4, -0.2) is 52.3 Å². The summed E-state index contributed by atoms with van der Waals surface area (Å²) < 4.78 is 5.58. The quantitative estimate of drug-likeness (QED) is 0.809. The minimum absolute atomic E-state index is 0.147. The molecule has 0 bridgehead atoms. The van der Waals surface area contributed by atoms with Crippen molar-refractivity contribution in [3.8, 4) is 0 Å². The molecule has 1 unspecified atom stereocenters. The van der Waals surface area contributed by atoms with Crippen LogP contribution in [0.15, 0.2) is 6.33 Å². The molecule has 0 radical (unpaired) electrons. The summed E-state index contributed by atoms with van der Waals surface area (Å²) in [5, 5.41) is 6.22. The average Bonchev–Trinajstić information content (AvgIpc) is 2.83. The Kier molecular flexibility index (Phi) is 3.51. The van der Waals surface area contributed by atoms with Gasteiger partial charge in [0.25, 0.3) is 5.91 Å². The molecule has 6 heteroatoms. The molecule has 0 aromatic carbocycles. The lowest BCUT2D eigenvalue weighted by atomic mass is 10.1. The SMILES string of the molecule is CN(CC1CCCCO1)C(=O)c1ncn[nH]1. The number of nitrogens with zero attached hydrogens (tertiary/aromatic N) is 3. The van der Waals surface area contributed by atoms with Gasteiger partial charge in [0.2, 0.25) is 5.82 Å². The fourth-order valence-corrected chi connectivity index (χ4v) is 1.83. The summed E-state index contributed by atoms with van der Waals surface area (Å²) in [6.07, 6.45) is 4.81. The Balaban J connectivity index is 1.87. The van der Waals surface area contributed by atoms with E-state index in [1.807, 2.05) is 0 Å². The third-order valence-corrected chi connectivity index (χ3v) is 2.72. The second-order valence-corrected chi connectivity index (χ2v) is 4.01. The Bertz CT molecular complexity index is 333. The number of rotatable bonds is 3. The molecule has 1 aromatic heterocycles. The van der Waals surface area contributed by atoms with Crippen LogP contribution >= 0.6 is 0 Å². The lowest BCUT2D eigenvalue weighted by Gasteiger charge is -2.26. The molecule has 2 rings (SSSR count). The zero-order valence-electron chi connectivity index (χ0n) is 9.35. The minimum atomic E-state index is -0.147. The number of carbonyl (C=O) groups excluding carboxylic acids is 1. The predicted octanol–water partition coefficient (Wildman–Crippen LogP) is 0.446. The molecule has 1 amide bonds. The van der Waals surface area contributed by atoms with E-state index in [1.54, 1.807) is 11.9 Å². The highest BCUT2D eigenvalue weighted by atomic mass is 16.5. The van der Waals surface area contributed by atoms with E-state index in [0.717, 1.165) is 19.4 Å². The molecular formula is C10H16N4O2. The van der Waals surface area contributed by atoms with E-state index in [-0.39, 0.29) is 17.8 Å². The van der Waals surface area contributed by atoms with Crippen LogP contribution in [0, 0.1) is 0 Å². The highest BCUT2D eigenvalue weighted by Gasteiger charge is 2.20. The zero-order chi connectivity index (χ0) is 11.4. The maximum atomic E-state index is 11.8. The maximum Gasteiger partial charge on any atom is 0.291 e. The summed E-state index contributed by atoms with van der Waals surface area (Å²) in [7, 11) is 1.75. The van der Waals surface area contributed by atoms with Crippen molar-refractivity contribution in [1.82, 2.24) is 20.1 Å². The molecule has 1 saturated heterocycles. The minimum Gasteiger partial charge on any atom is -0.376 e. The third kappa shape index (κ3) is 2.57. The van der Waals surface area contributed by atoms with Gasteiger partial charge in [0, 0.05) is 20.2 Å². The number of nitrogens with one attached hydrogen (secondary N) is 1. The second-order valence-electron chi connectivity index (χ2n) is 4.01. The van der Waals surface area contributed by atoms with E-state index in [2.05, 4.69) is 15.2 Å². The van der Waals surface area contributed by atoms with Gasteiger partial charge in [0.1, 0.15) is 6.33 Å². The first-order valence-electron chi connectivity index (χ1n) is 5.50. The van der Waals surface area contributed by atoms with Crippen molar-refractivity contribution in [2.24, 2.45) is 0 Å². The lowest BCUT2D eigenvalue weighted by Crippen LogP contribution is -2.37. The molecule has 16 heavy (non-hydrogen) atoms. The van der Waals surface area contributed by atoms with Crippen LogP contribution in [0.2, 0.25) is 0 Å². The Morgan fingerprint density at radius 3 is 3.19 bits per heavy atom. The summed E-state index contributed by atoms with van der Waals surface area (Å²) in [5.74, 6) is 0.130. The molecule has 6 nitrogen and oxygen atoms in total. The second kappa shape index (κ2) is 5.07. The first-order chi connectivity index (χ1) is 7.77. The van der Waals surface area contributed by atoms with Crippen molar-refractivity contribution in [1.29, 1.82) is 0 Å². The number of likely N-dealkylation sites (N-methyl/N-ethyl adjacent to an activating group) is 1. The number of carbonyl (C=O) groups is 1. The summed E-state index contributed by atoms with van der Waals surface area (Å²) in [6.45, 7) is 1.41. The topological polar surface area (TPSA) is 71.1 Å². The number of hydrogen-bond donors (Lipinski definition) is 1. The van der Waals surface area contributed by atoms with Gasteiger partial charge in [-0.25, -0.2) is 4.98 Å². The molecule has 1 fully saturated rings. The highest BCUT2D eigenvalue weighted by Crippen LogP contribution is 2.13. The van der Waals surface area contributed by atoms with Gasteiger partial charge in [-0.15, -0.1) is 0 Å². The molecule has 88 valence electrons. The van der Waals surface area contributed by atoms with Gasteiger partial charge in [-0.05, 0) is 19.3 Å². The highest BCUT2D eigenvalue weighted by molar-refractivity contribution is 5.90. The van der Waals surface area contributed by atoms with Crippen LogP contribution < -0.4 is 0 Å². The van der Waals surface area contributed by atoms with Gasteiger partial charge < -0.3 is 9.64 Å². The molecule has 0 aliphatic carbocycles. The van der Waals surface area contributed by atoms with Crippen LogP contribution in [-0.2, 0) is 4.74 Å². The molecule has 1 aliphatic rings. The molecule has 0 saturated carbocycles. The number of aromatic amines is 1. The van der Waals surface area contributed by atoms with E-state index in [0.29, 0.717) is 6.54 Å². The summed E-state index contributed by atoms with van der Waals surface area (Å²) in [4.78, 5) is 17.3. The van der Waals surface area contributed by atoms with Gasteiger partial charge in [0.15, 0.2) is 0 Å². The summed E-state index contributed by atoms with van der Waals surface area (Å²) in [6, 6.07) is 0. The average molecular weight is 224 g/mol. The molecule has 1 aliphatic heterocycles. The fraction of sp³-hybridized carbons (Fsp3) is 0.700. The Labute approximate surface area is 94.0 Å². The molecular weight excluding hydrogens is 208 g/mol. The number of hydrogen-bond acceptors (Lipinski definition) is 4. The van der Waals surface area contributed by atoms with Crippen molar-refractivity contribution < 1.29 is 9.53 Å². The van der Waals surface area contributed by atoms with Crippen molar-refractivity contribution >= 4 is 5.91 Å². The van der Waals surface area contributed by atoms with Crippen LogP contribution in [0.3, 0.4) is 0 Å². The van der Waals surface area contributed by atoms with Crippen molar-refractivity contribution in [2.75, 3.05) is 20.2 Å². The van der Waals surface area contributed by atoms with Gasteiger partial charge >= 0.3 is 0 Å². The van der Waals surface area contributed by atoms with Gasteiger partial charge in [-0.1, -0.05) is 0 Å². The molecule has 1 aromatic rings. The number of ether oxygens (including phenoxy) is 1. The molecule has 2 heterocycles. The van der Waals surface area contributed by atoms with Crippen molar-refractivity contribution in [2.45, 2.75) is 25.4 Å². The Morgan fingerprint density at radius 1 is 1.69 bits per heavy atom. The Hall–Kier alpha value is -1.43. The third-order valence-electron chi connectivity index (χ3n) is 2.72. The zero-order valence-corrected chi connectivity index (χ0v) is 9.35. The van der Waals surface area contributed by atoms with E-state index in [1.165, 1.54) is 12.7 Å². The monoisotopic (exact) mass is 224 g/mol. The first kappa shape index (κ1) is 11.1. The van der Waals surface area contributed by atoms with Gasteiger partial charge in [-0.2, -0.15) is 5.10 Å². The van der Waals surface area contributed by atoms with E-state index in [9.17, 15) is 4.79 Å². The summed E-state index contributed by atoms with van der Waals surface area (Å²) >= 11 is 0. The number of H-pyrrole nitrogens is 1. The normalized spacial score (nSPS) is 20.7. The molecule has 1 N–H and O–H groups in total.